The Balaban J connectivity index is 1.55. The molecule has 29 heavy (non-hydrogen) atoms. The molecule has 1 aromatic heterocycles. The van der Waals surface area contributed by atoms with Crippen LogP contribution in [0.25, 0.3) is 0 Å². The number of aryl methyl sites for hydroxylation is 1. The van der Waals surface area contributed by atoms with Crippen LogP contribution in [0, 0.1) is 6.92 Å². The Kier molecular flexibility index (Phi) is 6.82. The number of rotatable bonds is 8. The summed E-state index contributed by atoms with van der Waals surface area (Å²) in [7, 11) is 1.60. The van der Waals surface area contributed by atoms with Gasteiger partial charge in [-0.25, -0.2) is 4.98 Å². The molecule has 2 N–H and O–H groups in total. The number of nitrogens with zero attached hydrogens (tertiary/aromatic N) is 2. The summed E-state index contributed by atoms with van der Waals surface area (Å²) in [6.07, 6.45) is 0.711. The molecule has 3 aromatic rings. The number of ether oxygens (including phenoxy) is 1. The number of carbonyl (C=O) groups excluding carboxylic acids is 1. The predicted octanol–water partition coefficient (Wildman–Crippen LogP) is 4.06. The highest BCUT2D eigenvalue weighted by Crippen LogP contribution is 2.18. The van der Waals surface area contributed by atoms with Crippen molar-refractivity contribution in [1.29, 1.82) is 0 Å². The van der Waals surface area contributed by atoms with Gasteiger partial charge in [0.05, 0.1) is 7.11 Å². The van der Waals surface area contributed by atoms with Crippen molar-refractivity contribution in [3.63, 3.8) is 0 Å². The van der Waals surface area contributed by atoms with Crippen LogP contribution in [-0.4, -0.2) is 34.5 Å². The van der Waals surface area contributed by atoms with E-state index in [0.29, 0.717) is 12.0 Å². The molecule has 3 rings (SSSR count). The fourth-order valence-electron chi connectivity index (χ4n) is 2.84. The van der Waals surface area contributed by atoms with Crippen LogP contribution >= 0.6 is 11.5 Å². The highest BCUT2D eigenvalue weighted by atomic mass is 32.1. The number of amides is 1. The van der Waals surface area contributed by atoms with Crippen molar-refractivity contribution in [3.8, 4) is 5.75 Å². The Morgan fingerprint density at radius 3 is 2.52 bits per heavy atom. The van der Waals surface area contributed by atoms with Gasteiger partial charge in [-0.3, -0.25) is 4.79 Å². The molecule has 0 radical (unpaired) electrons. The Bertz CT molecular complexity index is 955. The smallest absolute Gasteiger partial charge is 0.251 e. The summed E-state index contributed by atoms with van der Waals surface area (Å²) in [6.45, 7) is 6.08. The van der Waals surface area contributed by atoms with Crippen molar-refractivity contribution in [1.82, 2.24) is 14.7 Å². The van der Waals surface area contributed by atoms with Gasteiger partial charge in [-0.2, -0.15) is 4.37 Å². The van der Waals surface area contributed by atoms with Gasteiger partial charge < -0.3 is 15.4 Å². The molecule has 0 saturated heterocycles. The number of anilines is 1. The molecule has 2 aromatic carbocycles. The molecule has 0 fully saturated rings. The third-order valence-corrected chi connectivity index (χ3v) is 5.57. The van der Waals surface area contributed by atoms with Crippen LogP contribution in [0.2, 0.25) is 0 Å². The lowest BCUT2D eigenvalue weighted by atomic mass is 10.1. The van der Waals surface area contributed by atoms with E-state index in [9.17, 15) is 4.79 Å². The SMILES string of the molecule is COc1ccc(C(=O)NC(C)C(C)Nc2nc(Cc3ccccc3C)ns2)cc1. The number of aromatic nitrogens is 2. The zero-order valence-corrected chi connectivity index (χ0v) is 17.9. The molecule has 0 bridgehead atoms. The Morgan fingerprint density at radius 1 is 1.10 bits per heavy atom. The van der Waals surface area contributed by atoms with Crippen molar-refractivity contribution in [2.24, 2.45) is 0 Å². The van der Waals surface area contributed by atoms with E-state index < -0.39 is 0 Å². The van der Waals surface area contributed by atoms with Crippen molar-refractivity contribution >= 4 is 22.6 Å². The molecule has 152 valence electrons. The van der Waals surface area contributed by atoms with Crippen molar-refractivity contribution < 1.29 is 9.53 Å². The Morgan fingerprint density at radius 2 is 1.83 bits per heavy atom. The van der Waals surface area contributed by atoms with E-state index >= 15 is 0 Å². The summed E-state index contributed by atoms with van der Waals surface area (Å²) in [5.41, 5.74) is 3.06. The number of benzene rings is 2. The lowest BCUT2D eigenvalue weighted by Crippen LogP contribution is -2.43. The van der Waals surface area contributed by atoms with Gasteiger partial charge >= 0.3 is 0 Å². The van der Waals surface area contributed by atoms with Gasteiger partial charge in [-0.1, -0.05) is 24.3 Å². The molecule has 2 atom stereocenters. The standard InChI is InChI=1S/C22H26N4O2S/c1-14-7-5-6-8-18(14)13-20-25-22(29-26-20)24-16(3)15(2)23-21(27)17-9-11-19(28-4)12-10-17/h5-12,15-16H,13H2,1-4H3,(H,23,27)(H,24,25,26). The van der Waals surface area contributed by atoms with Gasteiger partial charge in [0.2, 0.25) is 5.13 Å². The van der Waals surface area contributed by atoms with E-state index in [1.54, 1.807) is 31.4 Å². The van der Waals surface area contributed by atoms with Crippen LogP contribution in [0.15, 0.2) is 48.5 Å². The van der Waals surface area contributed by atoms with Gasteiger partial charge in [0.1, 0.15) is 11.6 Å². The molecule has 7 heteroatoms. The summed E-state index contributed by atoms with van der Waals surface area (Å²) in [6, 6.07) is 15.2. The van der Waals surface area contributed by atoms with Crippen molar-refractivity contribution in [2.75, 3.05) is 12.4 Å². The molecular weight excluding hydrogens is 384 g/mol. The zero-order valence-electron chi connectivity index (χ0n) is 17.1. The molecule has 0 aliphatic rings. The highest BCUT2D eigenvalue weighted by molar-refractivity contribution is 7.09. The van der Waals surface area contributed by atoms with E-state index in [-0.39, 0.29) is 18.0 Å². The summed E-state index contributed by atoms with van der Waals surface area (Å²) in [4.78, 5) is 17.0. The molecule has 1 heterocycles. The second kappa shape index (κ2) is 9.52. The molecule has 0 saturated carbocycles. The minimum absolute atomic E-state index is 0.00328. The van der Waals surface area contributed by atoms with Crippen molar-refractivity contribution in [2.45, 2.75) is 39.3 Å². The van der Waals surface area contributed by atoms with Crippen LogP contribution in [0.3, 0.4) is 0 Å². The summed E-state index contributed by atoms with van der Waals surface area (Å²) in [5, 5.41) is 7.13. The highest BCUT2D eigenvalue weighted by Gasteiger charge is 2.17. The summed E-state index contributed by atoms with van der Waals surface area (Å²) >= 11 is 1.34. The third kappa shape index (κ3) is 5.54. The maximum Gasteiger partial charge on any atom is 0.251 e. The number of hydrogen-bond acceptors (Lipinski definition) is 6. The normalized spacial score (nSPS) is 12.8. The molecule has 0 spiro atoms. The monoisotopic (exact) mass is 410 g/mol. The van der Waals surface area contributed by atoms with Crippen LogP contribution in [0.4, 0.5) is 5.13 Å². The summed E-state index contributed by atoms with van der Waals surface area (Å²) < 4.78 is 9.59. The topological polar surface area (TPSA) is 76.1 Å². The van der Waals surface area contributed by atoms with Gasteiger partial charge in [0.15, 0.2) is 0 Å². The predicted molar refractivity (Wildman–Crippen MR) is 117 cm³/mol. The van der Waals surface area contributed by atoms with Gasteiger partial charge in [0.25, 0.3) is 5.91 Å². The van der Waals surface area contributed by atoms with Crippen LogP contribution in [0.1, 0.15) is 41.2 Å². The first-order valence-electron chi connectivity index (χ1n) is 9.55. The van der Waals surface area contributed by atoms with E-state index in [2.05, 4.69) is 39.0 Å². The maximum absolute atomic E-state index is 12.4. The number of nitrogens with one attached hydrogen (secondary N) is 2. The fourth-order valence-corrected chi connectivity index (χ4v) is 3.52. The first-order chi connectivity index (χ1) is 14.0. The van der Waals surface area contributed by atoms with E-state index in [1.807, 2.05) is 26.0 Å². The molecule has 0 aliphatic carbocycles. The number of methoxy groups -OCH3 is 1. The van der Waals surface area contributed by atoms with E-state index in [4.69, 9.17) is 4.74 Å². The molecule has 2 unspecified atom stereocenters. The fraction of sp³-hybridized carbons (Fsp3) is 0.318. The van der Waals surface area contributed by atoms with E-state index in [1.165, 1.54) is 22.7 Å². The Labute approximate surface area is 175 Å². The maximum atomic E-state index is 12.4. The van der Waals surface area contributed by atoms with E-state index in [0.717, 1.165) is 16.7 Å². The second-order valence-corrected chi connectivity index (χ2v) is 7.79. The van der Waals surface area contributed by atoms with Crippen LogP contribution < -0.4 is 15.4 Å². The third-order valence-electron chi connectivity index (χ3n) is 4.89. The quantitative estimate of drug-likeness (QED) is 0.586. The lowest BCUT2D eigenvalue weighted by molar-refractivity contribution is 0.0937. The Hall–Kier alpha value is -2.93. The van der Waals surface area contributed by atoms with Crippen LogP contribution in [-0.2, 0) is 6.42 Å². The molecule has 0 aliphatic heterocycles. The van der Waals surface area contributed by atoms with Crippen LogP contribution in [0.5, 0.6) is 5.75 Å². The molecular formula is C22H26N4O2S. The minimum Gasteiger partial charge on any atom is -0.497 e. The van der Waals surface area contributed by atoms with Crippen molar-refractivity contribution in [3.05, 3.63) is 71.0 Å². The average Bonchev–Trinajstić information content (AvgIpc) is 3.16. The second-order valence-electron chi connectivity index (χ2n) is 7.04. The molecule has 6 nitrogen and oxygen atoms in total. The average molecular weight is 411 g/mol. The first kappa shape index (κ1) is 20.8. The number of hydrogen-bond donors (Lipinski definition) is 2. The lowest BCUT2D eigenvalue weighted by Gasteiger charge is -2.22. The number of carbonyl (C=O) groups is 1. The zero-order chi connectivity index (χ0) is 20.8. The van der Waals surface area contributed by atoms with Gasteiger partial charge in [0, 0.05) is 35.6 Å². The minimum atomic E-state index is -0.119. The largest absolute Gasteiger partial charge is 0.497 e. The molecule has 1 amide bonds. The summed E-state index contributed by atoms with van der Waals surface area (Å²) in [5.74, 6) is 1.41. The van der Waals surface area contributed by atoms with Gasteiger partial charge in [-0.15, -0.1) is 0 Å². The van der Waals surface area contributed by atoms with Gasteiger partial charge in [-0.05, 0) is 56.2 Å². The first-order valence-corrected chi connectivity index (χ1v) is 10.3.